The van der Waals surface area contributed by atoms with Crippen LogP contribution in [0.1, 0.15) is 21.5 Å². The Bertz CT molecular complexity index is 1180. The van der Waals surface area contributed by atoms with Gasteiger partial charge in [0.25, 0.3) is 5.91 Å². The minimum Gasteiger partial charge on any atom is -0.493 e. The Kier molecular flexibility index (Phi) is 8.02. The summed E-state index contributed by atoms with van der Waals surface area (Å²) >= 11 is 11.8. The maximum absolute atomic E-state index is 12.2. The summed E-state index contributed by atoms with van der Waals surface area (Å²) in [6.45, 7) is 0. The van der Waals surface area contributed by atoms with Crippen molar-refractivity contribution >= 4 is 47.4 Å². The molecule has 0 heterocycles. The first-order chi connectivity index (χ1) is 15.5. The van der Waals surface area contributed by atoms with E-state index >= 15 is 0 Å². The van der Waals surface area contributed by atoms with Gasteiger partial charge in [-0.2, -0.15) is 5.10 Å². The third kappa shape index (κ3) is 6.44. The standard InChI is InChI=1S/C24H18Cl2N2O4/c1-31-22-13-17(15-27-28-24(30)19-10-9-18(25)14-20(19)26)7-11-21(22)32-23(29)12-8-16-5-3-2-4-6-16/h2-15H,1H3,(H,28,30)/b12-8+,27-15+. The van der Waals surface area contributed by atoms with E-state index in [9.17, 15) is 9.59 Å². The van der Waals surface area contributed by atoms with Gasteiger partial charge in [0, 0.05) is 11.1 Å². The largest absolute Gasteiger partial charge is 0.493 e. The summed E-state index contributed by atoms with van der Waals surface area (Å²) in [7, 11) is 1.46. The van der Waals surface area contributed by atoms with Crippen LogP contribution in [0.25, 0.3) is 6.08 Å². The molecule has 0 saturated carbocycles. The average Bonchev–Trinajstić information content (AvgIpc) is 2.79. The molecule has 3 aromatic carbocycles. The van der Waals surface area contributed by atoms with E-state index in [0.717, 1.165) is 5.56 Å². The van der Waals surface area contributed by atoms with Crippen molar-refractivity contribution in [2.75, 3.05) is 7.11 Å². The number of carbonyl (C=O) groups is 2. The maximum Gasteiger partial charge on any atom is 0.336 e. The number of rotatable bonds is 7. The van der Waals surface area contributed by atoms with E-state index in [-0.39, 0.29) is 16.3 Å². The Morgan fingerprint density at radius 2 is 1.72 bits per heavy atom. The molecule has 0 aliphatic rings. The van der Waals surface area contributed by atoms with Crippen LogP contribution < -0.4 is 14.9 Å². The molecule has 1 N–H and O–H groups in total. The van der Waals surface area contributed by atoms with Crippen molar-refractivity contribution in [2.24, 2.45) is 5.10 Å². The van der Waals surface area contributed by atoms with Crippen molar-refractivity contribution in [3.63, 3.8) is 0 Å². The van der Waals surface area contributed by atoms with Crippen LogP contribution in [0.2, 0.25) is 10.0 Å². The lowest BCUT2D eigenvalue weighted by molar-refractivity contribution is -0.129. The number of hydrazone groups is 1. The zero-order valence-electron chi connectivity index (χ0n) is 16.9. The first-order valence-corrected chi connectivity index (χ1v) is 10.1. The highest BCUT2D eigenvalue weighted by molar-refractivity contribution is 6.36. The number of esters is 1. The van der Waals surface area contributed by atoms with Gasteiger partial charge in [0.15, 0.2) is 11.5 Å². The van der Waals surface area contributed by atoms with Crippen LogP contribution in [0.15, 0.2) is 77.9 Å². The van der Waals surface area contributed by atoms with E-state index in [1.165, 1.54) is 31.5 Å². The monoisotopic (exact) mass is 468 g/mol. The second-order valence-electron chi connectivity index (χ2n) is 6.40. The number of nitrogens with one attached hydrogen (secondary N) is 1. The quantitative estimate of drug-likeness (QED) is 0.166. The van der Waals surface area contributed by atoms with Crippen molar-refractivity contribution < 1.29 is 19.1 Å². The number of benzene rings is 3. The van der Waals surface area contributed by atoms with Crippen molar-refractivity contribution in [2.45, 2.75) is 0 Å². The Hall–Kier alpha value is -3.61. The van der Waals surface area contributed by atoms with Crippen LogP contribution in [0, 0.1) is 0 Å². The number of hydrogen-bond acceptors (Lipinski definition) is 5. The second kappa shape index (κ2) is 11.1. The highest BCUT2D eigenvalue weighted by Crippen LogP contribution is 2.28. The fraction of sp³-hybridized carbons (Fsp3) is 0.0417. The summed E-state index contributed by atoms with van der Waals surface area (Å²) in [4.78, 5) is 24.3. The molecule has 0 aromatic heterocycles. The average molecular weight is 469 g/mol. The number of halogens is 2. The summed E-state index contributed by atoms with van der Waals surface area (Å²) in [5.74, 6) is -0.432. The van der Waals surface area contributed by atoms with E-state index in [2.05, 4.69) is 10.5 Å². The van der Waals surface area contributed by atoms with E-state index in [0.29, 0.717) is 16.3 Å². The van der Waals surface area contributed by atoms with Gasteiger partial charge in [-0.1, -0.05) is 53.5 Å². The van der Waals surface area contributed by atoms with Gasteiger partial charge >= 0.3 is 5.97 Å². The predicted molar refractivity (Wildman–Crippen MR) is 126 cm³/mol. The number of nitrogens with zero attached hydrogens (tertiary/aromatic N) is 1. The number of carbonyl (C=O) groups excluding carboxylic acids is 2. The van der Waals surface area contributed by atoms with Gasteiger partial charge in [0.2, 0.25) is 0 Å². The summed E-state index contributed by atoms with van der Waals surface area (Å²) in [6, 6.07) is 18.8. The van der Waals surface area contributed by atoms with E-state index in [1.807, 2.05) is 30.3 Å². The van der Waals surface area contributed by atoms with Gasteiger partial charge in [-0.05, 0) is 53.6 Å². The van der Waals surface area contributed by atoms with E-state index in [4.69, 9.17) is 32.7 Å². The molecule has 6 nitrogen and oxygen atoms in total. The highest BCUT2D eigenvalue weighted by atomic mass is 35.5. The molecule has 32 heavy (non-hydrogen) atoms. The van der Waals surface area contributed by atoms with Gasteiger partial charge in [-0.3, -0.25) is 4.79 Å². The van der Waals surface area contributed by atoms with Crippen molar-refractivity contribution in [3.05, 3.63) is 99.5 Å². The molecule has 8 heteroatoms. The molecule has 0 aliphatic heterocycles. The lowest BCUT2D eigenvalue weighted by Crippen LogP contribution is -2.18. The molecule has 1 amide bonds. The number of amides is 1. The normalized spacial score (nSPS) is 11.0. The number of ether oxygens (including phenoxy) is 2. The van der Waals surface area contributed by atoms with Gasteiger partial charge in [-0.15, -0.1) is 0 Å². The van der Waals surface area contributed by atoms with E-state index in [1.54, 1.807) is 30.3 Å². The van der Waals surface area contributed by atoms with Crippen LogP contribution in [-0.4, -0.2) is 25.2 Å². The molecule has 0 spiro atoms. The zero-order valence-corrected chi connectivity index (χ0v) is 18.4. The summed E-state index contributed by atoms with van der Waals surface area (Å²) in [6.07, 6.45) is 4.41. The summed E-state index contributed by atoms with van der Waals surface area (Å²) in [5, 5.41) is 4.57. The zero-order chi connectivity index (χ0) is 22.9. The topological polar surface area (TPSA) is 77.0 Å². The van der Waals surface area contributed by atoms with Gasteiger partial charge in [0.1, 0.15) is 0 Å². The van der Waals surface area contributed by atoms with Crippen molar-refractivity contribution in [1.82, 2.24) is 5.43 Å². The molecule has 0 fully saturated rings. The predicted octanol–water partition coefficient (Wildman–Crippen LogP) is 5.38. The molecular weight excluding hydrogens is 451 g/mol. The first kappa shape index (κ1) is 23.1. The van der Waals surface area contributed by atoms with Gasteiger partial charge in [0.05, 0.1) is 23.9 Å². The third-order valence-corrected chi connectivity index (χ3v) is 4.71. The molecule has 3 rings (SSSR count). The molecule has 3 aromatic rings. The Balaban J connectivity index is 1.63. The van der Waals surface area contributed by atoms with Crippen LogP contribution in [-0.2, 0) is 4.79 Å². The fourth-order valence-corrected chi connectivity index (χ4v) is 3.11. The van der Waals surface area contributed by atoms with Crippen molar-refractivity contribution in [3.8, 4) is 11.5 Å². The third-order valence-electron chi connectivity index (χ3n) is 4.17. The molecule has 162 valence electrons. The van der Waals surface area contributed by atoms with Gasteiger partial charge < -0.3 is 9.47 Å². The number of methoxy groups -OCH3 is 1. The summed E-state index contributed by atoms with van der Waals surface area (Å²) in [5.41, 5.74) is 4.13. The Morgan fingerprint density at radius 3 is 2.44 bits per heavy atom. The van der Waals surface area contributed by atoms with Crippen molar-refractivity contribution in [1.29, 1.82) is 0 Å². The molecule has 0 bridgehead atoms. The molecule has 0 saturated heterocycles. The molecule has 0 aliphatic carbocycles. The molecule has 0 atom stereocenters. The fourth-order valence-electron chi connectivity index (χ4n) is 2.62. The van der Waals surface area contributed by atoms with Gasteiger partial charge in [-0.25, -0.2) is 10.2 Å². The molecule has 0 radical (unpaired) electrons. The highest BCUT2D eigenvalue weighted by Gasteiger charge is 2.11. The minimum atomic E-state index is -0.541. The van der Waals surface area contributed by atoms with Crippen LogP contribution >= 0.6 is 23.2 Å². The SMILES string of the molecule is COc1cc(/C=N/NC(=O)c2ccc(Cl)cc2Cl)ccc1OC(=O)/C=C/c1ccccc1. The minimum absolute atomic E-state index is 0.222. The lowest BCUT2D eigenvalue weighted by atomic mass is 10.2. The Morgan fingerprint density at radius 1 is 0.938 bits per heavy atom. The molecule has 0 unspecified atom stereocenters. The van der Waals surface area contributed by atoms with Crippen LogP contribution in [0.4, 0.5) is 0 Å². The second-order valence-corrected chi connectivity index (χ2v) is 7.24. The van der Waals surface area contributed by atoms with E-state index < -0.39 is 11.9 Å². The van der Waals surface area contributed by atoms with Crippen LogP contribution in [0.3, 0.4) is 0 Å². The lowest BCUT2D eigenvalue weighted by Gasteiger charge is -2.08. The number of hydrogen-bond donors (Lipinski definition) is 1. The molecular formula is C24H18Cl2N2O4. The summed E-state index contributed by atoms with van der Waals surface area (Å²) < 4.78 is 10.6. The maximum atomic E-state index is 12.2. The smallest absolute Gasteiger partial charge is 0.336 e. The first-order valence-electron chi connectivity index (χ1n) is 9.37. The Labute approximate surface area is 195 Å². The van der Waals surface area contributed by atoms with Crippen LogP contribution in [0.5, 0.6) is 11.5 Å².